The highest BCUT2D eigenvalue weighted by Gasteiger charge is 2.39. The molecule has 2 aliphatic heterocycles. The Balaban J connectivity index is 1.87. The first-order valence-electron chi connectivity index (χ1n) is 9.12. The van der Waals surface area contributed by atoms with Crippen LogP contribution >= 0.6 is 0 Å². The first kappa shape index (κ1) is 18.5. The second-order valence-corrected chi connectivity index (χ2v) is 6.75. The van der Waals surface area contributed by atoms with Crippen molar-refractivity contribution in [1.29, 1.82) is 0 Å². The SMILES string of the molecule is CCN(CC)C(C)CNC(=O)N1CCCC1C1COCCC1O. The lowest BCUT2D eigenvalue weighted by Crippen LogP contribution is -2.52. The number of hydrogen-bond acceptors (Lipinski definition) is 4. The Labute approximate surface area is 140 Å². The maximum absolute atomic E-state index is 12.6. The van der Waals surface area contributed by atoms with Gasteiger partial charge in [-0.3, -0.25) is 4.90 Å². The number of aliphatic hydroxyl groups is 1. The predicted molar refractivity (Wildman–Crippen MR) is 90.4 cm³/mol. The Morgan fingerprint density at radius 3 is 2.78 bits per heavy atom. The Bertz CT molecular complexity index is 376. The van der Waals surface area contributed by atoms with Crippen molar-refractivity contribution in [3.05, 3.63) is 0 Å². The Morgan fingerprint density at radius 2 is 2.13 bits per heavy atom. The molecule has 2 N–H and O–H groups in total. The number of urea groups is 1. The number of nitrogens with one attached hydrogen (secondary N) is 1. The van der Waals surface area contributed by atoms with E-state index in [0.29, 0.717) is 32.2 Å². The highest BCUT2D eigenvalue weighted by atomic mass is 16.5. The van der Waals surface area contributed by atoms with Gasteiger partial charge >= 0.3 is 6.03 Å². The molecule has 2 saturated heterocycles. The third-order valence-electron chi connectivity index (χ3n) is 5.40. The van der Waals surface area contributed by atoms with Crippen molar-refractivity contribution in [2.75, 3.05) is 39.4 Å². The highest BCUT2D eigenvalue weighted by Crippen LogP contribution is 2.29. The third-order valence-corrected chi connectivity index (χ3v) is 5.40. The second kappa shape index (κ2) is 8.85. The fourth-order valence-corrected chi connectivity index (χ4v) is 3.92. The van der Waals surface area contributed by atoms with Crippen molar-refractivity contribution in [3.8, 4) is 0 Å². The highest BCUT2D eigenvalue weighted by molar-refractivity contribution is 5.75. The summed E-state index contributed by atoms with van der Waals surface area (Å²) in [5.74, 6) is 0.0530. The van der Waals surface area contributed by atoms with E-state index in [-0.39, 0.29) is 24.1 Å². The normalized spacial score (nSPS) is 29.8. The summed E-state index contributed by atoms with van der Waals surface area (Å²) in [5, 5.41) is 13.3. The van der Waals surface area contributed by atoms with Crippen LogP contribution in [0.1, 0.15) is 40.0 Å². The van der Waals surface area contributed by atoms with Crippen LogP contribution in [0.5, 0.6) is 0 Å². The van der Waals surface area contributed by atoms with Gasteiger partial charge in [0.05, 0.1) is 12.7 Å². The molecule has 134 valence electrons. The average molecular weight is 327 g/mol. The molecule has 2 amide bonds. The summed E-state index contributed by atoms with van der Waals surface area (Å²) >= 11 is 0. The van der Waals surface area contributed by atoms with Gasteiger partial charge in [0.2, 0.25) is 0 Å². The zero-order valence-electron chi connectivity index (χ0n) is 14.8. The molecule has 2 fully saturated rings. The summed E-state index contributed by atoms with van der Waals surface area (Å²) in [4.78, 5) is 16.8. The zero-order valence-corrected chi connectivity index (χ0v) is 14.8. The van der Waals surface area contributed by atoms with Gasteiger partial charge in [0, 0.05) is 37.7 Å². The van der Waals surface area contributed by atoms with Gasteiger partial charge in [-0.05, 0) is 39.3 Å². The largest absolute Gasteiger partial charge is 0.393 e. The number of nitrogens with zero attached hydrogens (tertiary/aromatic N) is 2. The van der Waals surface area contributed by atoms with Gasteiger partial charge in [-0.2, -0.15) is 0 Å². The first-order chi connectivity index (χ1) is 11.1. The number of likely N-dealkylation sites (N-methyl/N-ethyl adjacent to an activating group) is 1. The second-order valence-electron chi connectivity index (χ2n) is 6.75. The Hall–Kier alpha value is -0.850. The molecule has 0 aliphatic carbocycles. The number of carbonyl (C=O) groups is 1. The number of carbonyl (C=O) groups excluding carboxylic acids is 1. The van der Waals surface area contributed by atoms with E-state index >= 15 is 0 Å². The topological polar surface area (TPSA) is 65.0 Å². The molecule has 0 radical (unpaired) electrons. The fourth-order valence-electron chi connectivity index (χ4n) is 3.92. The van der Waals surface area contributed by atoms with Crippen molar-refractivity contribution in [1.82, 2.24) is 15.1 Å². The molecule has 4 atom stereocenters. The van der Waals surface area contributed by atoms with E-state index in [2.05, 4.69) is 31.0 Å². The van der Waals surface area contributed by atoms with E-state index in [4.69, 9.17) is 4.74 Å². The van der Waals surface area contributed by atoms with E-state index < -0.39 is 0 Å². The minimum atomic E-state index is -0.350. The molecule has 6 heteroatoms. The van der Waals surface area contributed by atoms with Crippen LogP contribution in [0.25, 0.3) is 0 Å². The van der Waals surface area contributed by atoms with E-state index in [1.165, 1.54) is 0 Å². The van der Waals surface area contributed by atoms with Crippen LogP contribution in [-0.2, 0) is 4.74 Å². The number of rotatable bonds is 6. The van der Waals surface area contributed by atoms with E-state index in [1.807, 2.05) is 4.90 Å². The summed E-state index contributed by atoms with van der Waals surface area (Å²) in [5.41, 5.74) is 0. The van der Waals surface area contributed by atoms with Crippen molar-refractivity contribution < 1.29 is 14.6 Å². The molecule has 0 aromatic carbocycles. The molecule has 0 bridgehead atoms. The molecule has 2 rings (SSSR count). The molecule has 2 heterocycles. The van der Waals surface area contributed by atoms with Gasteiger partial charge in [-0.15, -0.1) is 0 Å². The molecular weight excluding hydrogens is 294 g/mol. The zero-order chi connectivity index (χ0) is 16.8. The maximum atomic E-state index is 12.6. The van der Waals surface area contributed by atoms with Crippen LogP contribution in [-0.4, -0.2) is 78.5 Å². The van der Waals surface area contributed by atoms with Crippen LogP contribution < -0.4 is 5.32 Å². The Kier molecular flexibility index (Phi) is 7.11. The molecule has 6 nitrogen and oxygen atoms in total. The summed E-state index contributed by atoms with van der Waals surface area (Å²) in [6.45, 7) is 11.0. The predicted octanol–water partition coefficient (Wildman–Crippen LogP) is 1.29. The molecule has 0 saturated carbocycles. The van der Waals surface area contributed by atoms with Crippen LogP contribution in [0.4, 0.5) is 4.79 Å². The summed E-state index contributed by atoms with van der Waals surface area (Å²) in [6, 6.07) is 0.442. The van der Waals surface area contributed by atoms with Crippen molar-refractivity contribution in [2.45, 2.75) is 58.2 Å². The van der Waals surface area contributed by atoms with Gasteiger partial charge in [0.25, 0.3) is 0 Å². The van der Waals surface area contributed by atoms with Gasteiger partial charge in [0.1, 0.15) is 0 Å². The van der Waals surface area contributed by atoms with Crippen molar-refractivity contribution in [2.24, 2.45) is 5.92 Å². The Morgan fingerprint density at radius 1 is 1.39 bits per heavy atom. The molecular formula is C17H33N3O3. The van der Waals surface area contributed by atoms with E-state index in [9.17, 15) is 9.90 Å². The minimum absolute atomic E-state index is 0.00396. The molecule has 0 aromatic rings. The van der Waals surface area contributed by atoms with Crippen LogP contribution in [0.3, 0.4) is 0 Å². The van der Waals surface area contributed by atoms with Crippen LogP contribution in [0, 0.1) is 5.92 Å². The molecule has 0 spiro atoms. The van der Waals surface area contributed by atoms with E-state index in [1.54, 1.807) is 0 Å². The standard InChI is InChI=1S/C17H33N3O3/c1-4-19(5-2)13(3)11-18-17(22)20-9-6-7-15(20)14-12-23-10-8-16(14)21/h13-16,21H,4-12H2,1-3H3,(H,18,22). The van der Waals surface area contributed by atoms with Crippen molar-refractivity contribution >= 4 is 6.03 Å². The number of ether oxygens (including phenoxy) is 1. The number of hydrogen-bond donors (Lipinski definition) is 2. The first-order valence-corrected chi connectivity index (χ1v) is 9.12. The lowest BCUT2D eigenvalue weighted by Gasteiger charge is -2.37. The number of likely N-dealkylation sites (tertiary alicyclic amines) is 1. The van der Waals surface area contributed by atoms with E-state index in [0.717, 1.165) is 32.5 Å². The average Bonchev–Trinajstić information content (AvgIpc) is 3.03. The van der Waals surface area contributed by atoms with Gasteiger partial charge < -0.3 is 20.1 Å². The minimum Gasteiger partial charge on any atom is -0.393 e. The lowest BCUT2D eigenvalue weighted by molar-refractivity contribution is -0.0576. The molecule has 23 heavy (non-hydrogen) atoms. The van der Waals surface area contributed by atoms with Gasteiger partial charge in [0.15, 0.2) is 0 Å². The lowest BCUT2D eigenvalue weighted by atomic mass is 9.89. The quantitative estimate of drug-likeness (QED) is 0.771. The molecule has 0 aromatic heterocycles. The number of amides is 2. The third kappa shape index (κ3) is 4.58. The monoisotopic (exact) mass is 327 g/mol. The van der Waals surface area contributed by atoms with Crippen LogP contribution in [0.2, 0.25) is 0 Å². The molecule has 2 aliphatic rings. The molecule has 4 unspecified atom stereocenters. The van der Waals surface area contributed by atoms with Crippen molar-refractivity contribution in [3.63, 3.8) is 0 Å². The maximum Gasteiger partial charge on any atom is 0.317 e. The van der Waals surface area contributed by atoms with Crippen LogP contribution in [0.15, 0.2) is 0 Å². The van der Waals surface area contributed by atoms with Gasteiger partial charge in [-0.1, -0.05) is 13.8 Å². The number of aliphatic hydroxyl groups excluding tert-OH is 1. The smallest absolute Gasteiger partial charge is 0.317 e. The fraction of sp³-hybridized carbons (Fsp3) is 0.941. The summed E-state index contributed by atoms with van der Waals surface area (Å²) < 4.78 is 5.53. The van der Waals surface area contributed by atoms with Gasteiger partial charge in [-0.25, -0.2) is 4.79 Å². The summed E-state index contributed by atoms with van der Waals surface area (Å²) in [7, 11) is 0. The summed E-state index contributed by atoms with van der Waals surface area (Å²) in [6.07, 6.45) is 2.30.